The van der Waals surface area contributed by atoms with E-state index in [1.807, 2.05) is 48.5 Å². The van der Waals surface area contributed by atoms with Crippen molar-refractivity contribution in [3.63, 3.8) is 0 Å². The molecule has 192 valence electrons. The normalized spacial score (nSPS) is 15.1. The third-order valence-corrected chi connectivity index (χ3v) is 6.89. The van der Waals surface area contributed by atoms with Crippen molar-refractivity contribution in [3.05, 3.63) is 85.5 Å². The average molecular weight is 510 g/mol. The Balaban J connectivity index is 1.17. The van der Waals surface area contributed by atoms with Crippen LogP contribution in [0.15, 0.2) is 79.6 Å². The number of hydrogen-bond acceptors (Lipinski definition) is 7. The number of ether oxygens (including phenoxy) is 1. The first-order valence-electron chi connectivity index (χ1n) is 12.8. The van der Waals surface area contributed by atoms with E-state index in [0.717, 1.165) is 59.3 Å². The van der Waals surface area contributed by atoms with Crippen LogP contribution in [0.5, 0.6) is 5.75 Å². The fraction of sp³-hybridized carbons (Fsp3) is 0.241. The molecule has 1 aliphatic heterocycles. The Hall–Kier alpha value is -4.37. The monoisotopic (exact) mass is 509 g/mol. The average Bonchev–Trinajstić information content (AvgIpc) is 3.67. The van der Waals surface area contributed by atoms with Crippen molar-refractivity contribution in [2.24, 2.45) is 5.92 Å². The third-order valence-electron chi connectivity index (χ3n) is 6.89. The highest BCUT2D eigenvalue weighted by atomic mass is 19.1. The van der Waals surface area contributed by atoms with E-state index < -0.39 is 0 Å². The summed E-state index contributed by atoms with van der Waals surface area (Å²) in [6, 6.07) is 18.8. The first kappa shape index (κ1) is 24.0. The number of anilines is 2. The van der Waals surface area contributed by atoms with Crippen molar-refractivity contribution in [1.29, 1.82) is 0 Å². The minimum atomic E-state index is -0.361. The third kappa shape index (κ3) is 5.33. The second-order valence-electron chi connectivity index (χ2n) is 9.46. The van der Waals surface area contributed by atoms with Crippen molar-refractivity contribution in [2.75, 3.05) is 25.0 Å². The lowest BCUT2D eigenvalue weighted by Gasteiger charge is -2.12. The lowest BCUT2D eigenvalue weighted by Crippen LogP contribution is -2.10. The summed E-state index contributed by atoms with van der Waals surface area (Å²) in [7, 11) is 0. The molecule has 2 aromatic heterocycles. The van der Waals surface area contributed by atoms with Crippen LogP contribution in [0.3, 0.4) is 0 Å². The van der Waals surface area contributed by atoms with Gasteiger partial charge in [-0.2, -0.15) is 5.10 Å². The number of aromatic nitrogens is 5. The highest BCUT2D eigenvalue weighted by molar-refractivity contribution is 5.93. The van der Waals surface area contributed by atoms with Gasteiger partial charge in [-0.15, -0.1) is 0 Å². The zero-order valence-electron chi connectivity index (χ0n) is 20.8. The van der Waals surface area contributed by atoms with Crippen LogP contribution in [0.1, 0.15) is 19.3 Å². The molecule has 38 heavy (non-hydrogen) atoms. The Morgan fingerprint density at radius 1 is 1.00 bits per heavy atom. The maximum Gasteiger partial charge on any atom is 0.165 e. The van der Waals surface area contributed by atoms with Crippen molar-refractivity contribution in [1.82, 2.24) is 30.0 Å². The molecule has 8 nitrogen and oxygen atoms in total. The predicted molar refractivity (Wildman–Crippen MR) is 145 cm³/mol. The Morgan fingerprint density at radius 3 is 2.66 bits per heavy atom. The molecule has 1 aliphatic rings. The fourth-order valence-corrected chi connectivity index (χ4v) is 4.82. The molecule has 5 aromatic rings. The van der Waals surface area contributed by atoms with E-state index in [1.165, 1.54) is 25.1 Å². The van der Waals surface area contributed by atoms with Gasteiger partial charge in [-0.05, 0) is 97.9 Å². The van der Waals surface area contributed by atoms with Crippen LogP contribution in [-0.2, 0) is 0 Å². The van der Waals surface area contributed by atoms with Crippen molar-refractivity contribution < 1.29 is 9.13 Å². The van der Waals surface area contributed by atoms with E-state index in [-0.39, 0.29) is 5.82 Å². The summed E-state index contributed by atoms with van der Waals surface area (Å²) in [5, 5.41) is 11.7. The first-order chi connectivity index (χ1) is 18.7. The number of halogens is 1. The first-order valence-corrected chi connectivity index (χ1v) is 12.8. The number of nitrogens with zero attached hydrogens (tertiary/aromatic N) is 5. The van der Waals surface area contributed by atoms with Gasteiger partial charge in [0.15, 0.2) is 11.6 Å². The maximum absolute atomic E-state index is 14.9. The van der Waals surface area contributed by atoms with Crippen molar-refractivity contribution >= 4 is 22.4 Å². The molecule has 0 saturated carbocycles. The van der Waals surface area contributed by atoms with E-state index >= 15 is 0 Å². The van der Waals surface area contributed by atoms with Crippen LogP contribution in [-0.4, -0.2) is 44.4 Å². The van der Waals surface area contributed by atoms with Gasteiger partial charge in [-0.25, -0.2) is 24.0 Å². The molecule has 6 rings (SSSR count). The molecule has 9 heteroatoms. The molecule has 3 aromatic carbocycles. The largest absolute Gasteiger partial charge is 0.491 e. The molecule has 2 N–H and O–H groups in total. The standard InChI is InChI=1S/C29H28FN7O/c30-26-15-22(4-10-28(26)38-13-1-2-20-11-12-31-16-20)21-3-9-27-25(14-21)29(34-18-33-27)36-23-5-7-24(8-6-23)37-19-32-17-35-37/h3-10,14-15,17-20,31H,1-2,11-13,16H2,(H,33,34,36). The van der Waals surface area contributed by atoms with E-state index in [1.54, 1.807) is 17.1 Å². The van der Waals surface area contributed by atoms with Crippen LogP contribution in [0.2, 0.25) is 0 Å². The van der Waals surface area contributed by atoms with E-state index in [9.17, 15) is 4.39 Å². The molecule has 0 radical (unpaired) electrons. The molecule has 0 amide bonds. The second kappa shape index (κ2) is 10.9. The van der Waals surface area contributed by atoms with Gasteiger partial charge < -0.3 is 15.4 Å². The molecule has 3 heterocycles. The zero-order chi connectivity index (χ0) is 25.7. The van der Waals surface area contributed by atoms with Gasteiger partial charge in [-0.3, -0.25) is 0 Å². The Morgan fingerprint density at radius 2 is 1.87 bits per heavy atom. The summed E-state index contributed by atoms with van der Waals surface area (Å²) in [6.07, 6.45) is 7.93. The maximum atomic E-state index is 14.9. The smallest absolute Gasteiger partial charge is 0.165 e. The van der Waals surface area contributed by atoms with Gasteiger partial charge in [0.1, 0.15) is 24.8 Å². The van der Waals surface area contributed by atoms with Crippen LogP contribution in [0.25, 0.3) is 27.7 Å². The Kier molecular flexibility index (Phi) is 6.91. The second-order valence-corrected chi connectivity index (χ2v) is 9.46. The molecule has 0 bridgehead atoms. The van der Waals surface area contributed by atoms with E-state index in [2.05, 4.69) is 30.7 Å². The molecular formula is C29H28FN7O. The lowest BCUT2D eigenvalue weighted by molar-refractivity contribution is 0.282. The molecular weight excluding hydrogens is 481 g/mol. The zero-order valence-corrected chi connectivity index (χ0v) is 20.8. The number of hydrogen-bond donors (Lipinski definition) is 2. The minimum Gasteiger partial charge on any atom is -0.491 e. The molecule has 0 spiro atoms. The summed E-state index contributed by atoms with van der Waals surface area (Å²) in [5.74, 6) is 1.31. The number of fused-ring (bicyclic) bond motifs is 1. The summed E-state index contributed by atoms with van der Waals surface area (Å²) in [6.45, 7) is 2.69. The minimum absolute atomic E-state index is 0.291. The fourth-order valence-electron chi connectivity index (χ4n) is 4.82. The van der Waals surface area contributed by atoms with Crippen LogP contribution >= 0.6 is 0 Å². The highest BCUT2D eigenvalue weighted by Gasteiger charge is 2.14. The quantitative estimate of drug-likeness (QED) is 0.253. The topological polar surface area (TPSA) is 89.8 Å². The molecule has 1 saturated heterocycles. The Labute approximate surface area is 219 Å². The van der Waals surface area contributed by atoms with Crippen LogP contribution in [0.4, 0.5) is 15.9 Å². The van der Waals surface area contributed by atoms with Crippen LogP contribution in [0, 0.1) is 11.7 Å². The lowest BCUT2D eigenvalue weighted by atomic mass is 10.0. The summed E-state index contributed by atoms with van der Waals surface area (Å²) < 4.78 is 22.3. The van der Waals surface area contributed by atoms with Gasteiger partial charge >= 0.3 is 0 Å². The van der Waals surface area contributed by atoms with Crippen molar-refractivity contribution in [3.8, 4) is 22.6 Å². The number of rotatable bonds is 9. The SMILES string of the molecule is Fc1cc(-c2ccc3ncnc(Nc4ccc(-n5cncn5)cc4)c3c2)ccc1OCCCC1CCNC1. The van der Waals surface area contributed by atoms with E-state index in [0.29, 0.717) is 24.1 Å². The molecule has 1 unspecified atom stereocenters. The van der Waals surface area contributed by atoms with Crippen molar-refractivity contribution in [2.45, 2.75) is 19.3 Å². The van der Waals surface area contributed by atoms with Gasteiger partial charge in [0.25, 0.3) is 0 Å². The number of nitrogens with one attached hydrogen (secondary N) is 2. The highest BCUT2D eigenvalue weighted by Crippen LogP contribution is 2.31. The van der Waals surface area contributed by atoms with Crippen LogP contribution < -0.4 is 15.4 Å². The molecule has 0 aliphatic carbocycles. The molecule has 1 fully saturated rings. The number of benzene rings is 3. The summed E-state index contributed by atoms with van der Waals surface area (Å²) >= 11 is 0. The summed E-state index contributed by atoms with van der Waals surface area (Å²) in [4.78, 5) is 12.8. The van der Waals surface area contributed by atoms with E-state index in [4.69, 9.17) is 4.74 Å². The van der Waals surface area contributed by atoms with Gasteiger partial charge in [0.05, 0.1) is 17.8 Å². The van der Waals surface area contributed by atoms with Gasteiger partial charge in [0, 0.05) is 11.1 Å². The molecule has 1 atom stereocenters. The van der Waals surface area contributed by atoms with Gasteiger partial charge in [0.2, 0.25) is 0 Å². The predicted octanol–water partition coefficient (Wildman–Crippen LogP) is 5.53. The van der Waals surface area contributed by atoms with Gasteiger partial charge in [-0.1, -0.05) is 12.1 Å². The summed E-state index contributed by atoms with van der Waals surface area (Å²) in [5.41, 5.74) is 4.21. The Bertz CT molecular complexity index is 1520.